The topological polar surface area (TPSA) is 85.1 Å². The summed E-state index contributed by atoms with van der Waals surface area (Å²) in [4.78, 5) is 37.1. The van der Waals surface area contributed by atoms with Crippen LogP contribution < -0.4 is 16.3 Å². The molecule has 7 nitrogen and oxygen atoms in total. The highest BCUT2D eigenvalue weighted by Crippen LogP contribution is 2.59. The minimum atomic E-state index is -0.626. The van der Waals surface area contributed by atoms with Crippen molar-refractivity contribution in [3.8, 4) is 0 Å². The van der Waals surface area contributed by atoms with E-state index in [4.69, 9.17) is 0 Å². The molecule has 2 aliphatic carbocycles. The third kappa shape index (κ3) is 2.94. The molecule has 0 bridgehead atoms. The summed E-state index contributed by atoms with van der Waals surface area (Å²) in [6.45, 7) is 0. The van der Waals surface area contributed by atoms with E-state index in [1.165, 1.54) is 44.1 Å². The standard InChI is InChI=1S/C23H30N4O3/c1-24-15-8-10-23(11-9-15)12-14(13-23)16-4-3-5-17-20(16)26(2)22(30)27(17)18-6-7-19(28)25-21(18)29/h3-5,14-15,18,24H,6-13H2,1-2H3,(H,25,28,29). The number of aromatic nitrogens is 2. The highest BCUT2D eigenvalue weighted by atomic mass is 16.2. The van der Waals surface area contributed by atoms with Crippen LogP contribution in [0.2, 0.25) is 0 Å². The second-order valence-corrected chi connectivity index (χ2v) is 9.56. The van der Waals surface area contributed by atoms with Gasteiger partial charge < -0.3 is 5.32 Å². The van der Waals surface area contributed by atoms with Crippen molar-refractivity contribution < 1.29 is 9.59 Å². The highest BCUT2D eigenvalue weighted by Gasteiger charge is 2.47. The van der Waals surface area contributed by atoms with Crippen molar-refractivity contribution in [3.63, 3.8) is 0 Å². The summed E-state index contributed by atoms with van der Waals surface area (Å²) >= 11 is 0. The lowest BCUT2D eigenvalue weighted by Gasteiger charge is -2.52. The number of benzene rings is 1. The largest absolute Gasteiger partial charge is 0.329 e. The van der Waals surface area contributed by atoms with Gasteiger partial charge in [0.05, 0.1) is 11.0 Å². The number of imidazole rings is 1. The SMILES string of the molecule is CNC1CCC2(CC1)CC(c1cccc3c1n(C)c(=O)n3C1CCC(=O)NC1=O)C2. The van der Waals surface area contributed by atoms with Crippen LogP contribution in [-0.4, -0.2) is 34.0 Å². The summed E-state index contributed by atoms with van der Waals surface area (Å²) in [5.41, 5.74) is 3.24. The normalized spacial score (nSPS) is 31.7. The van der Waals surface area contributed by atoms with Gasteiger partial charge in [-0.05, 0) is 75.0 Å². The van der Waals surface area contributed by atoms with Crippen molar-refractivity contribution in [3.05, 3.63) is 34.2 Å². The van der Waals surface area contributed by atoms with Crippen molar-refractivity contribution in [2.45, 2.75) is 69.4 Å². The Labute approximate surface area is 175 Å². The van der Waals surface area contributed by atoms with Crippen LogP contribution in [0.1, 0.15) is 68.9 Å². The summed E-state index contributed by atoms with van der Waals surface area (Å²) in [7, 11) is 3.85. The molecule has 5 rings (SSSR count). The van der Waals surface area contributed by atoms with E-state index in [2.05, 4.69) is 23.7 Å². The van der Waals surface area contributed by atoms with Gasteiger partial charge in [0.25, 0.3) is 0 Å². The lowest BCUT2D eigenvalue weighted by molar-refractivity contribution is -0.135. The van der Waals surface area contributed by atoms with E-state index in [0.717, 1.165) is 11.0 Å². The Balaban J connectivity index is 1.47. The molecule has 1 aromatic heterocycles. The van der Waals surface area contributed by atoms with Gasteiger partial charge in [-0.25, -0.2) is 4.79 Å². The number of nitrogens with one attached hydrogen (secondary N) is 2. The van der Waals surface area contributed by atoms with Crippen LogP contribution in [0.5, 0.6) is 0 Å². The van der Waals surface area contributed by atoms with Crippen LogP contribution in [0.3, 0.4) is 0 Å². The second kappa shape index (κ2) is 7.08. The summed E-state index contributed by atoms with van der Waals surface area (Å²) < 4.78 is 3.28. The minimum Gasteiger partial charge on any atom is -0.317 e. The molecular weight excluding hydrogens is 380 g/mol. The zero-order chi connectivity index (χ0) is 21.0. The van der Waals surface area contributed by atoms with Gasteiger partial charge in [0.1, 0.15) is 6.04 Å². The molecule has 30 heavy (non-hydrogen) atoms. The number of amides is 2. The Morgan fingerprint density at radius 1 is 1.10 bits per heavy atom. The van der Waals surface area contributed by atoms with Gasteiger partial charge in [-0.3, -0.25) is 24.0 Å². The molecule has 0 radical (unpaired) electrons. The first-order valence-electron chi connectivity index (χ1n) is 11.1. The summed E-state index contributed by atoms with van der Waals surface area (Å²) in [6.07, 6.45) is 8.05. The van der Waals surface area contributed by atoms with Crippen molar-refractivity contribution in [2.75, 3.05) is 7.05 Å². The summed E-state index contributed by atoms with van der Waals surface area (Å²) in [5, 5.41) is 5.80. The quantitative estimate of drug-likeness (QED) is 0.761. The Kier molecular flexibility index (Phi) is 4.61. The third-order valence-corrected chi connectivity index (χ3v) is 7.91. The average Bonchev–Trinajstić information content (AvgIpc) is 2.97. The van der Waals surface area contributed by atoms with E-state index < -0.39 is 6.04 Å². The van der Waals surface area contributed by atoms with Crippen molar-refractivity contribution >= 4 is 22.8 Å². The van der Waals surface area contributed by atoms with E-state index >= 15 is 0 Å². The number of nitrogens with zero attached hydrogens (tertiary/aromatic N) is 2. The molecule has 1 spiro atoms. The van der Waals surface area contributed by atoms with Crippen molar-refractivity contribution in [2.24, 2.45) is 12.5 Å². The number of fused-ring (bicyclic) bond motifs is 1. The van der Waals surface area contributed by atoms with Crippen LogP contribution >= 0.6 is 0 Å². The van der Waals surface area contributed by atoms with Gasteiger partial charge in [-0.2, -0.15) is 0 Å². The van der Waals surface area contributed by atoms with Crippen LogP contribution in [-0.2, 0) is 16.6 Å². The second-order valence-electron chi connectivity index (χ2n) is 9.56. The van der Waals surface area contributed by atoms with Crippen molar-refractivity contribution in [1.29, 1.82) is 0 Å². The summed E-state index contributed by atoms with van der Waals surface area (Å²) in [6, 6.07) is 6.10. The molecule has 1 atom stereocenters. The van der Waals surface area contributed by atoms with Gasteiger partial charge >= 0.3 is 5.69 Å². The number of carbonyl (C=O) groups excluding carboxylic acids is 2. The molecular formula is C23H30N4O3. The molecule has 7 heteroatoms. The number of aryl methyl sites for hydroxylation is 1. The van der Waals surface area contributed by atoms with E-state index in [1.54, 1.807) is 16.2 Å². The van der Waals surface area contributed by atoms with E-state index in [1.807, 2.05) is 12.1 Å². The molecule has 2 amide bonds. The van der Waals surface area contributed by atoms with Crippen LogP contribution in [0, 0.1) is 5.41 Å². The minimum absolute atomic E-state index is 0.185. The van der Waals surface area contributed by atoms with Gasteiger partial charge in [0, 0.05) is 19.5 Å². The number of para-hydroxylation sites is 1. The van der Waals surface area contributed by atoms with Crippen LogP contribution in [0.15, 0.2) is 23.0 Å². The number of hydrogen-bond acceptors (Lipinski definition) is 4. The lowest BCUT2D eigenvalue weighted by Crippen LogP contribution is -2.44. The fraction of sp³-hybridized carbons (Fsp3) is 0.609. The fourth-order valence-electron chi connectivity index (χ4n) is 6.16. The van der Waals surface area contributed by atoms with E-state index in [-0.39, 0.29) is 23.9 Å². The molecule has 2 heterocycles. The van der Waals surface area contributed by atoms with Gasteiger partial charge in [0.15, 0.2) is 0 Å². The van der Waals surface area contributed by atoms with Gasteiger partial charge in [-0.1, -0.05) is 12.1 Å². The van der Waals surface area contributed by atoms with E-state index in [9.17, 15) is 14.4 Å². The van der Waals surface area contributed by atoms with Gasteiger partial charge in [-0.15, -0.1) is 0 Å². The zero-order valence-corrected chi connectivity index (χ0v) is 17.7. The predicted octanol–water partition coefficient (Wildman–Crippen LogP) is 2.34. The molecule has 1 saturated heterocycles. The number of rotatable bonds is 3. The molecule has 160 valence electrons. The third-order valence-electron chi connectivity index (χ3n) is 7.91. The Hall–Kier alpha value is -2.41. The Morgan fingerprint density at radius 3 is 2.50 bits per heavy atom. The Bertz CT molecular complexity index is 1070. The molecule has 2 N–H and O–H groups in total. The zero-order valence-electron chi connectivity index (χ0n) is 17.7. The molecule has 1 aliphatic heterocycles. The number of hydrogen-bond donors (Lipinski definition) is 2. The number of imide groups is 1. The maximum absolute atomic E-state index is 13.1. The monoisotopic (exact) mass is 410 g/mol. The number of piperidine rings is 1. The fourth-order valence-corrected chi connectivity index (χ4v) is 6.16. The Morgan fingerprint density at radius 2 is 1.83 bits per heavy atom. The molecule has 1 aromatic carbocycles. The highest BCUT2D eigenvalue weighted by molar-refractivity contribution is 6.00. The molecule has 2 saturated carbocycles. The average molecular weight is 411 g/mol. The molecule has 3 aliphatic rings. The summed E-state index contributed by atoms with van der Waals surface area (Å²) in [5.74, 6) is -0.184. The molecule has 3 fully saturated rings. The lowest BCUT2D eigenvalue weighted by atomic mass is 9.54. The van der Waals surface area contributed by atoms with Crippen molar-refractivity contribution in [1.82, 2.24) is 19.8 Å². The smallest absolute Gasteiger partial charge is 0.317 e. The first kappa shape index (κ1) is 19.5. The first-order chi connectivity index (χ1) is 14.4. The van der Waals surface area contributed by atoms with Crippen LogP contribution in [0.4, 0.5) is 0 Å². The molecule has 2 aromatic rings. The first-order valence-corrected chi connectivity index (χ1v) is 11.1. The molecule has 1 unspecified atom stereocenters. The van der Waals surface area contributed by atoms with E-state index in [0.29, 0.717) is 23.8 Å². The number of carbonyl (C=O) groups is 2. The predicted molar refractivity (Wildman–Crippen MR) is 114 cm³/mol. The van der Waals surface area contributed by atoms with Crippen LogP contribution in [0.25, 0.3) is 11.0 Å². The maximum Gasteiger partial charge on any atom is 0.329 e. The van der Waals surface area contributed by atoms with Gasteiger partial charge in [0.2, 0.25) is 11.8 Å². The maximum atomic E-state index is 13.1.